The van der Waals surface area contributed by atoms with Gasteiger partial charge in [0.25, 0.3) is 5.56 Å². The third-order valence-corrected chi connectivity index (χ3v) is 3.19. The highest BCUT2D eigenvalue weighted by Crippen LogP contribution is 2.26. The highest BCUT2D eigenvalue weighted by atomic mass is 32.1. The largest absolute Gasteiger partial charge is 0.390 e. The van der Waals surface area contributed by atoms with E-state index in [1.807, 2.05) is 26.2 Å². The van der Waals surface area contributed by atoms with E-state index < -0.39 is 0 Å². The molecule has 0 aliphatic rings. The van der Waals surface area contributed by atoms with Gasteiger partial charge in [0.1, 0.15) is 0 Å². The smallest absolute Gasteiger partial charge is 0.277 e. The molecule has 0 fully saturated rings. The number of thiophene rings is 1. The Morgan fingerprint density at radius 3 is 2.80 bits per heavy atom. The van der Waals surface area contributed by atoms with Gasteiger partial charge in [-0.2, -0.15) is 5.10 Å². The Hall–Kier alpha value is -1.36. The molecule has 0 aliphatic heterocycles. The Morgan fingerprint density at radius 1 is 1.53 bits per heavy atom. The van der Waals surface area contributed by atoms with Crippen molar-refractivity contribution in [2.24, 2.45) is 0 Å². The first-order chi connectivity index (χ1) is 7.02. The van der Waals surface area contributed by atoms with Crippen LogP contribution in [-0.2, 0) is 0 Å². The van der Waals surface area contributed by atoms with Gasteiger partial charge in [0.2, 0.25) is 0 Å². The van der Waals surface area contributed by atoms with Crippen LogP contribution in [0, 0.1) is 6.92 Å². The van der Waals surface area contributed by atoms with Crippen LogP contribution in [0.15, 0.2) is 10.2 Å². The van der Waals surface area contributed by atoms with E-state index in [1.165, 1.54) is 16.0 Å². The Labute approximate surface area is 91.3 Å². The number of aryl methyl sites for hydroxylation is 1. The Bertz CT molecular complexity index is 568. The summed E-state index contributed by atoms with van der Waals surface area (Å²) in [7, 11) is 0. The highest BCUT2D eigenvalue weighted by molar-refractivity contribution is 7.15. The van der Waals surface area contributed by atoms with E-state index >= 15 is 0 Å². The van der Waals surface area contributed by atoms with Gasteiger partial charge in [-0.25, -0.2) is 4.68 Å². The van der Waals surface area contributed by atoms with Crippen molar-refractivity contribution in [1.29, 1.82) is 0 Å². The number of aromatic nitrogens is 2. The fourth-order valence-corrected chi connectivity index (χ4v) is 2.43. The lowest BCUT2D eigenvalue weighted by atomic mass is 10.2. The molecule has 0 radical (unpaired) electrons. The van der Waals surface area contributed by atoms with Crippen molar-refractivity contribution in [3.8, 4) is 0 Å². The van der Waals surface area contributed by atoms with Crippen LogP contribution in [0.25, 0.3) is 10.8 Å². The van der Waals surface area contributed by atoms with Crippen LogP contribution >= 0.6 is 11.3 Å². The third-order valence-electron chi connectivity index (χ3n) is 2.38. The van der Waals surface area contributed by atoms with Crippen molar-refractivity contribution in [3.63, 3.8) is 0 Å². The molecule has 0 atom stereocenters. The molecule has 2 aromatic rings. The number of hydrogen-bond acceptors (Lipinski definition) is 4. The van der Waals surface area contributed by atoms with Crippen molar-refractivity contribution in [2.45, 2.75) is 26.8 Å². The summed E-state index contributed by atoms with van der Waals surface area (Å²) in [5, 5.41) is 8.22. The SMILES string of the molecule is Cc1nn(C(C)C)c(=O)c2c(N)scc12. The zero-order valence-electron chi connectivity index (χ0n) is 8.94. The van der Waals surface area contributed by atoms with E-state index in [2.05, 4.69) is 5.10 Å². The molecule has 15 heavy (non-hydrogen) atoms. The molecule has 0 spiro atoms. The van der Waals surface area contributed by atoms with Crippen LogP contribution in [0.5, 0.6) is 0 Å². The lowest BCUT2D eigenvalue weighted by Gasteiger charge is -2.09. The van der Waals surface area contributed by atoms with Crippen LogP contribution < -0.4 is 11.3 Å². The molecular weight excluding hydrogens is 210 g/mol. The summed E-state index contributed by atoms with van der Waals surface area (Å²) in [5.74, 6) is 0. The van der Waals surface area contributed by atoms with E-state index in [4.69, 9.17) is 5.73 Å². The molecule has 4 nitrogen and oxygen atoms in total. The fraction of sp³-hybridized carbons (Fsp3) is 0.400. The normalized spacial score (nSPS) is 11.5. The molecule has 0 unspecified atom stereocenters. The molecule has 0 saturated heterocycles. The Kier molecular flexibility index (Phi) is 2.26. The third kappa shape index (κ3) is 1.43. The molecule has 2 rings (SSSR count). The van der Waals surface area contributed by atoms with Gasteiger partial charge in [-0.05, 0) is 20.8 Å². The standard InChI is InChI=1S/C10H13N3OS/c1-5(2)13-10(14)8-7(6(3)12-13)4-15-9(8)11/h4-5H,11H2,1-3H3. The number of anilines is 1. The van der Waals surface area contributed by atoms with Gasteiger partial charge >= 0.3 is 0 Å². The van der Waals surface area contributed by atoms with Gasteiger partial charge in [-0.3, -0.25) is 4.79 Å². The maximum absolute atomic E-state index is 12.0. The van der Waals surface area contributed by atoms with E-state index in [0.717, 1.165) is 11.1 Å². The second kappa shape index (κ2) is 3.34. The summed E-state index contributed by atoms with van der Waals surface area (Å²) < 4.78 is 1.49. The molecule has 0 bridgehead atoms. The quantitative estimate of drug-likeness (QED) is 0.803. The Balaban J connectivity index is 2.95. The monoisotopic (exact) mass is 223 g/mol. The Morgan fingerprint density at radius 2 is 2.20 bits per heavy atom. The zero-order valence-corrected chi connectivity index (χ0v) is 9.76. The summed E-state index contributed by atoms with van der Waals surface area (Å²) in [5.41, 5.74) is 6.55. The average Bonchev–Trinajstić information content (AvgIpc) is 2.54. The maximum Gasteiger partial charge on any atom is 0.277 e. The highest BCUT2D eigenvalue weighted by Gasteiger charge is 2.13. The second-order valence-corrected chi connectivity index (χ2v) is 4.73. The van der Waals surface area contributed by atoms with Crippen LogP contribution in [0.2, 0.25) is 0 Å². The average molecular weight is 223 g/mol. The maximum atomic E-state index is 12.0. The molecule has 2 aromatic heterocycles. The lowest BCUT2D eigenvalue weighted by molar-refractivity contribution is 0.503. The number of nitrogens with zero attached hydrogens (tertiary/aromatic N) is 2. The van der Waals surface area contributed by atoms with Gasteiger partial charge in [-0.15, -0.1) is 11.3 Å². The summed E-state index contributed by atoms with van der Waals surface area (Å²) in [4.78, 5) is 12.0. The summed E-state index contributed by atoms with van der Waals surface area (Å²) in [6, 6.07) is 0.0555. The van der Waals surface area contributed by atoms with Crippen molar-refractivity contribution in [2.75, 3.05) is 5.73 Å². The van der Waals surface area contributed by atoms with Crippen molar-refractivity contribution in [3.05, 3.63) is 21.4 Å². The van der Waals surface area contributed by atoms with Gasteiger partial charge < -0.3 is 5.73 Å². The van der Waals surface area contributed by atoms with Gasteiger partial charge in [0, 0.05) is 10.8 Å². The second-order valence-electron chi connectivity index (χ2n) is 3.82. The van der Waals surface area contributed by atoms with Crippen LogP contribution in [-0.4, -0.2) is 9.78 Å². The molecule has 0 aliphatic carbocycles. The first-order valence-corrected chi connectivity index (χ1v) is 5.66. The first kappa shape index (κ1) is 10.2. The molecule has 0 amide bonds. The predicted molar refractivity (Wildman–Crippen MR) is 63.4 cm³/mol. The predicted octanol–water partition coefficient (Wildman–Crippen LogP) is 1.93. The molecule has 0 aromatic carbocycles. The summed E-state index contributed by atoms with van der Waals surface area (Å²) in [6.45, 7) is 5.76. The van der Waals surface area contributed by atoms with E-state index in [1.54, 1.807) is 0 Å². The van der Waals surface area contributed by atoms with Crippen molar-refractivity contribution >= 4 is 27.1 Å². The topological polar surface area (TPSA) is 60.9 Å². The first-order valence-electron chi connectivity index (χ1n) is 4.78. The fourth-order valence-electron chi connectivity index (χ4n) is 1.59. The molecule has 0 saturated carbocycles. The number of rotatable bonds is 1. The van der Waals surface area contributed by atoms with Crippen LogP contribution in [0.4, 0.5) is 5.00 Å². The number of fused-ring (bicyclic) bond motifs is 1. The van der Waals surface area contributed by atoms with Crippen molar-refractivity contribution in [1.82, 2.24) is 9.78 Å². The minimum Gasteiger partial charge on any atom is -0.390 e. The molecule has 2 heterocycles. The van der Waals surface area contributed by atoms with Crippen LogP contribution in [0.1, 0.15) is 25.6 Å². The van der Waals surface area contributed by atoms with E-state index in [-0.39, 0.29) is 11.6 Å². The molecule has 80 valence electrons. The number of nitrogen functional groups attached to an aromatic ring is 1. The van der Waals surface area contributed by atoms with Gasteiger partial charge in [0.15, 0.2) is 0 Å². The number of hydrogen-bond donors (Lipinski definition) is 1. The number of nitrogens with two attached hydrogens (primary N) is 1. The van der Waals surface area contributed by atoms with Crippen LogP contribution in [0.3, 0.4) is 0 Å². The van der Waals surface area contributed by atoms with E-state index in [9.17, 15) is 4.79 Å². The van der Waals surface area contributed by atoms with E-state index in [0.29, 0.717) is 10.4 Å². The summed E-state index contributed by atoms with van der Waals surface area (Å²) in [6.07, 6.45) is 0. The summed E-state index contributed by atoms with van der Waals surface area (Å²) >= 11 is 1.39. The lowest BCUT2D eigenvalue weighted by Crippen LogP contribution is -2.25. The van der Waals surface area contributed by atoms with Gasteiger partial charge in [0.05, 0.1) is 22.1 Å². The molecule has 2 N–H and O–H groups in total. The molecule has 5 heteroatoms. The minimum absolute atomic E-state index is 0.0555. The molecular formula is C10H13N3OS. The zero-order chi connectivity index (χ0) is 11.2. The van der Waals surface area contributed by atoms with Crippen molar-refractivity contribution < 1.29 is 0 Å². The van der Waals surface area contributed by atoms with Gasteiger partial charge in [-0.1, -0.05) is 0 Å². The minimum atomic E-state index is -0.0932.